The molecule has 1 amide bonds. The number of carbonyl (C=O) groups excluding carboxylic acids is 1. The molecular weight excluding hydrogens is 306 g/mol. The molecule has 4 heterocycles. The third-order valence-electron chi connectivity index (χ3n) is 4.93. The van der Waals surface area contributed by atoms with Gasteiger partial charge in [-0.3, -0.25) is 9.59 Å². The summed E-state index contributed by atoms with van der Waals surface area (Å²) in [4.78, 5) is 28.2. The van der Waals surface area contributed by atoms with Crippen molar-refractivity contribution in [2.75, 3.05) is 5.75 Å². The van der Waals surface area contributed by atoms with Gasteiger partial charge in [-0.15, -0.1) is 11.3 Å². The van der Waals surface area contributed by atoms with Gasteiger partial charge in [0.2, 0.25) is 0 Å². The summed E-state index contributed by atoms with van der Waals surface area (Å²) in [6.45, 7) is 0. The van der Waals surface area contributed by atoms with Gasteiger partial charge >= 0.3 is 5.97 Å². The first-order valence-electron chi connectivity index (χ1n) is 7.40. The standard InChI is InChI=1S/C15H17NO3S2/c17-14(13-5-8-7-20-4-3-12(8)21-13)16-9-1-2-11(16)10(6-9)15(18)19/h5,9-11H,1-4,6-7H2,(H,18,19). The lowest BCUT2D eigenvalue weighted by atomic mass is 9.89. The van der Waals surface area contributed by atoms with Crippen LogP contribution in [0, 0.1) is 5.92 Å². The summed E-state index contributed by atoms with van der Waals surface area (Å²) in [5.74, 6) is 1.09. The van der Waals surface area contributed by atoms with Crippen LogP contribution in [0.3, 0.4) is 0 Å². The molecule has 2 saturated heterocycles. The lowest BCUT2D eigenvalue weighted by Gasteiger charge is -2.22. The molecule has 1 N–H and O–H groups in total. The van der Waals surface area contributed by atoms with E-state index in [1.807, 2.05) is 22.7 Å². The molecule has 0 spiro atoms. The predicted molar refractivity (Wildman–Crippen MR) is 82.9 cm³/mol. The van der Waals surface area contributed by atoms with E-state index in [2.05, 4.69) is 0 Å². The van der Waals surface area contributed by atoms with Crippen LogP contribution in [0.15, 0.2) is 6.07 Å². The van der Waals surface area contributed by atoms with E-state index >= 15 is 0 Å². The fraction of sp³-hybridized carbons (Fsp3) is 0.600. The van der Waals surface area contributed by atoms with E-state index < -0.39 is 5.97 Å². The molecule has 1 aromatic heterocycles. The number of hydrogen-bond acceptors (Lipinski definition) is 4. The molecule has 0 aliphatic carbocycles. The molecule has 21 heavy (non-hydrogen) atoms. The highest BCUT2D eigenvalue weighted by Gasteiger charge is 2.51. The van der Waals surface area contributed by atoms with E-state index in [9.17, 15) is 14.7 Å². The van der Waals surface area contributed by atoms with Crippen LogP contribution in [-0.2, 0) is 17.0 Å². The molecule has 2 fully saturated rings. The van der Waals surface area contributed by atoms with Gasteiger partial charge in [0.05, 0.1) is 10.8 Å². The minimum atomic E-state index is -0.748. The summed E-state index contributed by atoms with van der Waals surface area (Å²) in [5.41, 5.74) is 1.31. The van der Waals surface area contributed by atoms with Crippen molar-refractivity contribution in [3.63, 3.8) is 0 Å². The van der Waals surface area contributed by atoms with Gasteiger partial charge in [-0.05, 0) is 43.1 Å². The van der Waals surface area contributed by atoms with Crippen LogP contribution >= 0.6 is 23.1 Å². The number of hydrogen-bond donors (Lipinski definition) is 1. The van der Waals surface area contributed by atoms with E-state index in [0.717, 1.165) is 35.6 Å². The van der Waals surface area contributed by atoms with Crippen molar-refractivity contribution < 1.29 is 14.7 Å². The third-order valence-corrected chi connectivity index (χ3v) is 7.16. The van der Waals surface area contributed by atoms with Gasteiger partial charge < -0.3 is 10.0 Å². The number of aryl methyl sites for hydroxylation is 1. The van der Waals surface area contributed by atoms with Crippen LogP contribution in [0.1, 0.15) is 39.4 Å². The molecule has 3 unspecified atom stereocenters. The number of amides is 1. The highest BCUT2D eigenvalue weighted by Crippen LogP contribution is 2.43. The Hall–Kier alpha value is -1.01. The maximum Gasteiger partial charge on any atom is 0.308 e. The van der Waals surface area contributed by atoms with Crippen molar-refractivity contribution in [3.8, 4) is 0 Å². The van der Waals surface area contributed by atoms with Crippen molar-refractivity contribution in [2.45, 2.75) is 43.5 Å². The minimum absolute atomic E-state index is 0.0654. The quantitative estimate of drug-likeness (QED) is 0.909. The van der Waals surface area contributed by atoms with Crippen LogP contribution in [0.2, 0.25) is 0 Å². The van der Waals surface area contributed by atoms with Crippen LogP contribution in [0.4, 0.5) is 0 Å². The maximum absolute atomic E-state index is 12.8. The van der Waals surface area contributed by atoms with Crippen LogP contribution in [-0.4, -0.2) is 39.7 Å². The Morgan fingerprint density at radius 3 is 2.90 bits per heavy atom. The number of aliphatic carboxylic acids is 1. The van der Waals surface area contributed by atoms with Gasteiger partial charge in [-0.2, -0.15) is 11.8 Å². The minimum Gasteiger partial charge on any atom is -0.481 e. The Labute approximate surface area is 131 Å². The monoisotopic (exact) mass is 323 g/mol. The summed E-state index contributed by atoms with van der Waals surface area (Å²) in [6, 6.07) is 2.09. The second-order valence-corrected chi connectivity index (χ2v) is 8.29. The molecule has 112 valence electrons. The second-order valence-electron chi connectivity index (χ2n) is 6.05. The fourth-order valence-electron chi connectivity index (χ4n) is 3.95. The number of nitrogens with zero attached hydrogens (tertiary/aromatic N) is 1. The zero-order valence-electron chi connectivity index (χ0n) is 11.6. The van der Waals surface area contributed by atoms with Gasteiger partial charge in [-0.25, -0.2) is 0 Å². The number of thiophene rings is 1. The Balaban J connectivity index is 1.60. The molecule has 4 nitrogen and oxygen atoms in total. The van der Waals surface area contributed by atoms with Crippen molar-refractivity contribution in [1.29, 1.82) is 0 Å². The van der Waals surface area contributed by atoms with E-state index in [1.165, 1.54) is 10.4 Å². The van der Waals surface area contributed by atoms with Crippen LogP contribution in [0.25, 0.3) is 0 Å². The van der Waals surface area contributed by atoms with Crippen molar-refractivity contribution >= 4 is 35.0 Å². The fourth-order valence-corrected chi connectivity index (χ4v) is 6.27. The molecule has 0 radical (unpaired) electrons. The van der Waals surface area contributed by atoms with Gasteiger partial charge in [0.25, 0.3) is 5.91 Å². The number of rotatable bonds is 2. The SMILES string of the molecule is O=C(O)C1CC2CCC1N2C(=O)c1cc2c(s1)CCSC2. The number of carboxylic acids is 1. The molecule has 3 aliphatic rings. The Kier molecular flexibility index (Phi) is 3.26. The largest absolute Gasteiger partial charge is 0.481 e. The van der Waals surface area contributed by atoms with Gasteiger partial charge in [0, 0.05) is 22.7 Å². The van der Waals surface area contributed by atoms with E-state index in [0.29, 0.717) is 6.42 Å². The summed E-state index contributed by atoms with van der Waals surface area (Å²) in [6.07, 6.45) is 3.49. The molecule has 6 heteroatoms. The first kappa shape index (κ1) is 13.6. The topological polar surface area (TPSA) is 57.6 Å². The molecule has 4 rings (SSSR count). The number of carboxylic acid groups (broad SMARTS) is 1. The highest BCUT2D eigenvalue weighted by atomic mass is 32.2. The molecule has 0 aromatic carbocycles. The predicted octanol–water partition coefficient (Wildman–Crippen LogP) is 2.62. The molecule has 3 aliphatic heterocycles. The third kappa shape index (κ3) is 2.11. The molecule has 0 saturated carbocycles. The number of carbonyl (C=O) groups is 2. The van der Waals surface area contributed by atoms with Crippen molar-refractivity contribution in [2.24, 2.45) is 5.92 Å². The average Bonchev–Trinajstić information content (AvgIpc) is 3.18. The van der Waals surface area contributed by atoms with E-state index in [-0.39, 0.29) is 23.9 Å². The Morgan fingerprint density at radius 1 is 1.33 bits per heavy atom. The van der Waals surface area contributed by atoms with Crippen LogP contribution in [0.5, 0.6) is 0 Å². The molecular formula is C15H17NO3S2. The van der Waals surface area contributed by atoms with Crippen LogP contribution < -0.4 is 0 Å². The summed E-state index contributed by atoms with van der Waals surface area (Å²) >= 11 is 3.54. The normalized spacial score (nSPS) is 30.5. The highest BCUT2D eigenvalue weighted by molar-refractivity contribution is 7.98. The first-order chi connectivity index (χ1) is 10.1. The Bertz CT molecular complexity index is 589. The zero-order chi connectivity index (χ0) is 14.6. The van der Waals surface area contributed by atoms with Crippen molar-refractivity contribution in [1.82, 2.24) is 4.90 Å². The number of thioether (sulfide) groups is 1. The summed E-state index contributed by atoms with van der Waals surface area (Å²) < 4.78 is 0. The van der Waals surface area contributed by atoms with E-state index in [4.69, 9.17) is 0 Å². The van der Waals surface area contributed by atoms with Gasteiger partial charge in [-0.1, -0.05) is 0 Å². The first-order valence-corrected chi connectivity index (χ1v) is 9.37. The van der Waals surface area contributed by atoms with E-state index in [1.54, 1.807) is 11.3 Å². The summed E-state index contributed by atoms with van der Waals surface area (Å²) in [5, 5.41) is 9.30. The second kappa shape index (κ2) is 5.02. The Morgan fingerprint density at radius 2 is 2.19 bits per heavy atom. The summed E-state index contributed by atoms with van der Waals surface area (Å²) in [7, 11) is 0. The van der Waals surface area contributed by atoms with Crippen molar-refractivity contribution in [3.05, 3.63) is 21.4 Å². The maximum atomic E-state index is 12.8. The van der Waals surface area contributed by atoms with Gasteiger partial charge in [0.15, 0.2) is 0 Å². The molecule has 1 aromatic rings. The molecule has 3 atom stereocenters. The van der Waals surface area contributed by atoms with Gasteiger partial charge in [0.1, 0.15) is 0 Å². The number of fused-ring (bicyclic) bond motifs is 3. The smallest absolute Gasteiger partial charge is 0.308 e. The zero-order valence-corrected chi connectivity index (χ0v) is 13.2. The average molecular weight is 323 g/mol. The molecule has 2 bridgehead atoms. The lowest BCUT2D eigenvalue weighted by Crippen LogP contribution is -2.37. The lowest BCUT2D eigenvalue weighted by molar-refractivity contribution is -0.142.